The van der Waals surface area contributed by atoms with Crippen LogP contribution in [0.4, 0.5) is 5.82 Å². The second-order valence-electron chi connectivity index (χ2n) is 3.72. The summed E-state index contributed by atoms with van der Waals surface area (Å²) in [7, 11) is 1.54. The summed E-state index contributed by atoms with van der Waals surface area (Å²) in [4.78, 5) is 20.9. The van der Waals surface area contributed by atoms with Crippen LogP contribution in [-0.4, -0.2) is 23.0 Å². The number of carbonyl (C=O) groups is 1. The summed E-state index contributed by atoms with van der Waals surface area (Å²) in [6.07, 6.45) is 0. The standard InChI is InChI=1S/C12H13N3O2S/c1-7-4-5-9(17-3)11(14-7)15-12(16)10-8(2)13-6-18-10/h4-6H,1-3H3,(H,14,15,16). The summed E-state index contributed by atoms with van der Waals surface area (Å²) in [5, 5.41) is 2.74. The molecule has 94 valence electrons. The molecule has 2 heterocycles. The van der Waals surface area contributed by atoms with Gasteiger partial charge < -0.3 is 10.1 Å². The lowest BCUT2D eigenvalue weighted by Crippen LogP contribution is -2.13. The van der Waals surface area contributed by atoms with Gasteiger partial charge in [-0.05, 0) is 26.0 Å². The van der Waals surface area contributed by atoms with E-state index in [0.29, 0.717) is 22.1 Å². The Kier molecular flexibility index (Phi) is 3.57. The van der Waals surface area contributed by atoms with Crippen LogP contribution in [0.25, 0.3) is 0 Å². The average Bonchev–Trinajstić information content (AvgIpc) is 2.76. The first-order chi connectivity index (χ1) is 8.61. The monoisotopic (exact) mass is 263 g/mol. The maximum Gasteiger partial charge on any atom is 0.268 e. The number of hydrogen-bond acceptors (Lipinski definition) is 5. The van der Waals surface area contributed by atoms with Crippen LogP contribution in [0.2, 0.25) is 0 Å². The third kappa shape index (κ3) is 2.48. The molecule has 0 radical (unpaired) electrons. The van der Waals surface area contributed by atoms with Gasteiger partial charge in [0.25, 0.3) is 5.91 Å². The lowest BCUT2D eigenvalue weighted by Gasteiger charge is -2.09. The number of thiazole rings is 1. The average molecular weight is 263 g/mol. The molecule has 0 spiro atoms. The molecule has 18 heavy (non-hydrogen) atoms. The fourth-order valence-electron chi connectivity index (χ4n) is 1.48. The van der Waals surface area contributed by atoms with Crippen LogP contribution in [0.1, 0.15) is 21.1 Å². The number of carbonyl (C=O) groups excluding carboxylic acids is 1. The zero-order valence-corrected chi connectivity index (χ0v) is 11.2. The number of ether oxygens (including phenoxy) is 1. The van der Waals surface area contributed by atoms with E-state index >= 15 is 0 Å². The van der Waals surface area contributed by atoms with Gasteiger partial charge in [0, 0.05) is 5.69 Å². The molecule has 0 atom stereocenters. The first-order valence-electron chi connectivity index (χ1n) is 5.35. The van der Waals surface area contributed by atoms with Gasteiger partial charge in [-0.25, -0.2) is 9.97 Å². The molecular weight excluding hydrogens is 250 g/mol. The third-order valence-electron chi connectivity index (χ3n) is 2.40. The Bertz CT molecular complexity index is 580. The van der Waals surface area contributed by atoms with Crippen molar-refractivity contribution in [3.63, 3.8) is 0 Å². The SMILES string of the molecule is COc1ccc(C)nc1NC(=O)c1scnc1C. The molecular formula is C12H13N3O2S. The third-order valence-corrected chi connectivity index (χ3v) is 3.33. The van der Waals surface area contributed by atoms with Crippen LogP contribution in [-0.2, 0) is 0 Å². The van der Waals surface area contributed by atoms with Gasteiger partial charge in [0.2, 0.25) is 0 Å². The quantitative estimate of drug-likeness (QED) is 0.923. The van der Waals surface area contributed by atoms with E-state index in [4.69, 9.17) is 4.74 Å². The van der Waals surface area contributed by atoms with Gasteiger partial charge in [-0.2, -0.15) is 0 Å². The molecule has 5 nitrogen and oxygen atoms in total. The molecule has 2 rings (SSSR count). The summed E-state index contributed by atoms with van der Waals surface area (Å²) in [5.41, 5.74) is 3.17. The first kappa shape index (κ1) is 12.5. The van der Waals surface area contributed by atoms with Crippen molar-refractivity contribution in [1.82, 2.24) is 9.97 Å². The van der Waals surface area contributed by atoms with Crippen molar-refractivity contribution in [3.05, 3.63) is 33.9 Å². The Morgan fingerprint density at radius 2 is 2.17 bits per heavy atom. The topological polar surface area (TPSA) is 64.1 Å². The Balaban J connectivity index is 2.27. The highest BCUT2D eigenvalue weighted by Gasteiger charge is 2.15. The second kappa shape index (κ2) is 5.14. The van der Waals surface area contributed by atoms with E-state index < -0.39 is 0 Å². The molecule has 0 unspecified atom stereocenters. The minimum Gasteiger partial charge on any atom is -0.493 e. The van der Waals surface area contributed by atoms with Gasteiger partial charge >= 0.3 is 0 Å². The van der Waals surface area contributed by atoms with E-state index in [1.807, 2.05) is 13.0 Å². The number of nitrogens with one attached hydrogen (secondary N) is 1. The molecule has 1 N–H and O–H groups in total. The lowest BCUT2D eigenvalue weighted by molar-refractivity contribution is 0.102. The van der Waals surface area contributed by atoms with Gasteiger partial charge in [-0.3, -0.25) is 4.79 Å². The summed E-state index contributed by atoms with van der Waals surface area (Å²) < 4.78 is 5.16. The molecule has 0 aliphatic heterocycles. The Morgan fingerprint density at radius 1 is 1.39 bits per heavy atom. The van der Waals surface area contributed by atoms with Gasteiger partial charge in [-0.1, -0.05) is 0 Å². The smallest absolute Gasteiger partial charge is 0.268 e. The van der Waals surface area contributed by atoms with Crippen molar-refractivity contribution >= 4 is 23.1 Å². The van der Waals surface area contributed by atoms with Gasteiger partial charge in [0.05, 0.1) is 18.3 Å². The molecule has 0 saturated heterocycles. The predicted molar refractivity (Wildman–Crippen MR) is 70.3 cm³/mol. The molecule has 0 aromatic carbocycles. The number of aryl methyl sites for hydroxylation is 2. The molecule has 2 aromatic rings. The minimum atomic E-state index is -0.216. The van der Waals surface area contributed by atoms with E-state index in [-0.39, 0.29) is 5.91 Å². The zero-order valence-electron chi connectivity index (χ0n) is 10.4. The Hall–Kier alpha value is -1.95. The van der Waals surface area contributed by atoms with E-state index in [1.54, 1.807) is 25.6 Å². The van der Waals surface area contributed by atoms with Crippen molar-refractivity contribution in [2.24, 2.45) is 0 Å². The lowest BCUT2D eigenvalue weighted by atomic mass is 10.3. The zero-order chi connectivity index (χ0) is 13.1. The number of anilines is 1. The van der Waals surface area contributed by atoms with E-state index in [2.05, 4.69) is 15.3 Å². The highest BCUT2D eigenvalue weighted by molar-refractivity contribution is 7.12. The summed E-state index contributed by atoms with van der Waals surface area (Å²) in [6.45, 7) is 3.65. The Morgan fingerprint density at radius 3 is 2.78 bits per heavy atom. The van der Waals surface area contributed by atoms with Crippen LogP contribution >= 0.6 is 11.3 Å². The van der Waals surface area contributed by atoms with Crippen LogP contribution in [0, 0.1) is 13.8 Å². The number of amides is 1. The van der Waals surface area contributed by atoms with Crippen molar-refractivity contribution in [3.8, 4) is 5.75 Å². The summed E-state index contributed by atoms with van der Waals surface area (Å²) in [5.74, 6) is 0.748. The van der Waals surface area contributed by atoms with Crippen molar-refractivity contribution in [2.75, 3.05) is 12.4 Å². The molecule has 2 aromatic heterocycles. The predicted octanol–water partition coefficient (Wildman–Crippen LogP) is 2.42. The summed E-state index contributed by atoms with van der Waals surface area (Å²) in [6, 6.07) is 3.60. The number of pyridine rings is 1. The van der Waals surface area contributed by atoms with Crippen molar-refractivity contribution in [1.29, 1.82) is 0 Å². The van der Waals surface area contributed by atoms with Crippen LogP contribution in [0.5, 0.6) is 5.75 Å². The second-order valence-corrected chi connectivity index (χ2v) is 4.58. The van der Waals surface area contributed by atoms with E-state index in [9.17, 15) is 4.79 Å². The van der Waals surface area contributed by atoms with Crippen LogP contribution in [0.3, 0.4) is 0 Å². The largest absolute Gasteiger partial charge is 0.493 e. The van der Waals surface area contributed by atoms with Gasteiger partial charge in [0.1, 0.15) is 4.88 Å². The molecule has 0 saturated carbocycles. The highest BCUT2D eigenvalue weighted by Crippen LogP contribution is 2.23. The number of rotatable bonds is 3. The highest BCUT2D eigenvalue weighted by atomic mass is 32.1. The molecule has 1 amide bonds. The van der Waals surface area contributed by atoms with Crippen LogP contribution in [0.15, 0.2) is 17.6 Å². The molecule has 0 fully saturated rings. The maximum absolute atomic E-state index is 12.0. The van der Waals surface area contributed by atoms with Crippen molar-refractivity contribution in [2.45, 2.75) is 13.8 Å². The fraction of sp³-hybridized carbons (Fsp3) is 0.250. The van der Waals surface area contributed by atoms with Crippen LogP contribution < -0.4 is 10.1 Å². The number of nitrogens with zero attached hydrogens (tertiary/aromatic N) is 2. The number of aromatic nitrogens is 2. The molecule has 0 aliphatic carbocycles. The minimum absolute atomic E-state index is 0.216. The maximum atomic E-state index is 12.0. The molecule has 0 aliphatic rings. The van der Waals surface area contributed by atoms with Gasteiger partial charge in [0.15, 0.2) is 11.6 Å². The summed E-state index contributed by atoms with van der Waals surface area (Å²) >= 11 is 1.30. The Labute approximate surface area is 109 Å². The van der Waals surface area contributed by atoms with E-state index in [0.717, 1.165) is 5.69 Å². The molecule has 6 heteroatoms. The number of hydrogen-bond donors (Lipinski definition) is 1. The normalized spacial score (nSPS) is 10.2. The fourth-order valence-corrected chi connectivity index (χ4v) is 2.18. The molecule has 0 bridgehead atoms. The van der Waals surface area contributed by atoms with Crippen molar-refractivity contribution < 1.29 is 9.53 Å². The van der Waals surface area contributed by atoms with Gasteiger partial charge in [-0.15, -0.1) is 11.3 Å². The number of methoxy groups -OCH3 is 1. The van der Waals surface area contributed by atoms with E-state index in [1.165, 1.54) is 11.3 Å². The first-order valence-corrected chi connectivity index (χ1v) is 6.23.